The lowest BCUT2D eigenvalue weighted by Gasteiger charge is -2.35. The van der Waals surface area contributed by atoms with Crippen molar-refractivity contribution in [3.05, 3.63) is 53.7 Å². The van der Waals surface area contributed by atoms with Crippen LogP contribution < -0.4 is 10.2 Å². The summed E-state index contributed by atoms with van der Waals surface area (Å²) in [6.45, 7) is 4.12. The molecule has 1 aliphatic rings. The van der Waals surface area contributed by atoms with Crippen molar-refractivity contribution in [3.63, 3.8) is 0 Å². The van der Waals surface area contributed by atoms with Gasteiger partial charge in [0.25, 0.3) is 0 Å². The number of anilines is 2. The highest BCUT2D eigenvalue weighted by Crippen LogP contribution is 2.33. The van der Waals surface area contributed by atoms with Crippen LogP contribution in [0, 0.1) is 6.92 Å². The van der Waals surface area contributed by atoms with E-state index in [1.54, 1.807) is 24.5 Å². The second kappa shape index (κ2) is 7.88. The van der Waals surface area contributed by atoms with Gasteiger partial charge in [0.05, 0.1) is 11.7 Å². The zero-order valence-corrected chi connectivity index (χ0v) is 16.2. The summed E-state index contributed by atoms with van der Waals surface area (Å²) in [6, 6.07) is 5.36. The Morgan fingerprint density at radius 2 is 2.00 bits per heavy atom. The molecule has 4 rings (SSSR count). The first kappa shape index (κ1) is 18.9. The van der Waals surface area contributed by atoms with Gasteiger partial charge in [-0.15, -0.1) is 0 Å². The first-order valence-corrected chi connectivity index (χ1v) is 9.34. The van der Waals surface area contributed by atoms with Crippen molar-refractivity contribution in [3.8, 4) is 11.6 Å². The van der Waals surface area contributed by atoms with Gasteiger partial charge in [0, 0.05) is 54.6 Å². The fraction of sp³-hybridized carbons (Fsp3) is 0.300. The van der Waals surface area contributed by atoms with Crippen LogP contribution in [0.2, 0.25) is 0 Å². The van der Waals surface area contributed by atoms with Gasteiger partial charge in [-0.2, -0.15) is 0 Å². The Labute approximate surface area is 167 Å². The second-order valence-corrected chi connectivity index (χ2v) is 6.85. The monoisotopic (exact) mass is 391 g/mol. The summed E-state index contributed by atoms with van der Waals surface area (Å²) in [5, 5.41) is 11.7. The van der Waals surface area contributed by atoms with E-state index in [4.69, 9.17) is 5.11 Å². The molecule has 2 N–H and O–H groups in total. The van der Waals surface area contributed by atoms with Crippen molar-refractivity contribution in [2.45, 2.75) is 26.3 Å². The highest BCUT2D eigenvalue weighted by Gasteiger charge is 2.27. The van der Waals surface area contributed by atoms with Crippen LogP contribution in [0.4, 0.5) is 11.5 Å². The molecule has 4 heterocycles. The van der Waals surface area contributed by atoms with Gasteiger partial charge in [-0.25, -0.2) is 24.9 Å². The van der Waals surface area contributed by atoms with Gasteiger partial charge in [0.2, 0.25) is 5.91 Å². The topological polar surface area (TPSA) is 117 Å². The molecule has 0 bridgehead atoms. The molecule has 1 unspecified atom stereocenters. The van der Waals surface area contributed by atoms with Gasteiger partial charge in [-0.3, -0.25) is 4.79 Å². The molecule has 29 heavy (non-hydrogen) atoms. The molecule has 9 nitrogen and oxygen atoms in total. The predicted molar refractivity (Wildman–Crippen MR) is 107 cm³/mol. The van der Waals surface area contributed by atoms with Crippen LogP contribution >= 0.6 is 0 Å². The maximum Gasteiger partial charge on any atom is 0.250 e. The van der Waals surface area contributed by atoms with Crippen LogP contribution in [-0.4, -0.2) is 49.1 Å². The fourth-order valence-corrected chi connectivity index (χ4v) is 3.47. The Bertz CT molecular complexity index is 1040. The van der Waals surface area contributed by atoms with Crippen molar-refractivity contribution in [2.75, 3.05) is 23.4 Å². The summed E-state index contributed by atoms with van der Waals surface area (Å²) in [5.41, 5.74) is 3.40. The molecule has 9 heteroatoms. The number of nitrogens with one attached hydrogen (secondary N) is 1. The number of fused-ring (bicyclic) bond motifs is 1. The van der Waals surface area contributed by atoms with E-state index in [2.05, 4.69) is 42.1 Å². The Balaban J connectivity index is 1.62. The van der Waals surface area contributed by atoms with Gasteiger partial charge in [0.15, 0.2) is 11.6 Å². The lowest BCUT2D eigenvalue weighted by atomic mass is 9.99. The molecular weight excluding hydrogens is 370 g/mol. The number of hydrogen-bond acceptors (Lipinski definition) is 8. The van der Waals surface area contributed by atoms with Crippen LogP contribution in [-0.2, 0) is 11.2 Å². The third-order valence-electron chi connectivity index (χ3n) is 4.83. The third-order valence-corrected chi connectivity index (χ3v) is 4.83. The number of aliphatic hydroxyl groups is 1. The summed E-state index contributed by atoms with van der Waals surface area (Å²) in [5.74, 6) is 1.33. The first-order chi connectivity index (χ1) is 14.0. The van der Waals surface area contributed by atoms with Crippen LogP contribution in [0.25, 0.3) is 11.6 Å². The molecule has 1 amide bonds. The molecule has 1 aliphatic heterocycles. The highest BCUT2D eigenvalue weighted by molar-refractivity contribution is 5.91. The number of aryl methyl sites for hydroxylation is 1. The Kier molecular flexibility index (Phi) is 5.13. The summed E-state index contributed by atoms with van der Waals surface area (Å²) >= 11 is 0. The number of hydrogen-bond donors (Lipinski definition) is 2. The first-order valence-electron chi connectivity index (χ1n) is 9.34. The number of carbonyl (C=O) groups excluding carboxylic acids is 1. The SMILES string of the molecule is Cc1cc(NC(=O)CO)cc(N2CCc3nc(-c4ncccn4)ncc3C2C)n1. The molecule has 3 aromatic heterocycles. The van der Waals surface area contributed by atoms with E-state index in [9.17, 15) is 4.79 Å². The summed E-state index contributed by atoms with van der Waals surface area (Å²) < 4.78 is 0. The van der Waals surface area contributed by atoms with Crippen LogP contribution in [0.15, 0.2) is 36.8 Å². The molecule has 0 radical (unpaired) electrons. The predicted octanol–water partition coefficient (Wildman–Crippen LogP) is 1.69. The summed E-state index contributed by atoms with van der Waals surface area (Å²) in [7, 11) is 0. The van der Waals surface area contributed by atoms with Crippen molar-refractivity contribution in [2.24, 2.45) is 0 Å². The summed E-state index contributed by atoms with van der Waals surface area (Å²) in [4.78, 5) is 35.9. The van der Waals surface area contributed by atoms with E-state index in [-0.39, 0.29) is 6.04 Å². The van der Waals surface area contributed by atoms with E-state index < -0.39 is 12.5 Å². The quantitative estimate of drug-likeness (QED) is 0.690. The fourth-order valence-electron chi connectivity index (χ4n) is 3.47. The lowest BCUT2D eigenvalue weighted by Crippen LogP contribution is -2.35. The molecule has 148 valence electrons. The maximum atomic E-state index is 11.5. The van der Waals surface area contributed by atoms with Gasteiger partial charge in [-0.05, 0) is 26.0 Å². The molecule has 0 aromatic carbocycles. The number of rotatable bonds is 4. The lowest BCUT2D eigenvalue weighted by molar-refractivity contribution is -0.118. The standard InChI is InChI=1S/C20H21N7O2/c1-12-8-14(25-18(29)11-28)9-17(24-12)27-7-4-16-15(13(27)2)10-23-20(26-16)19-21-5-3-6-22-19/h3,5-6,8-10,13,28H,4,7,11H2,1-2H3,(H,24,25,29). The average Bonchev–Trinajstić information content (AvgIpc) is 2.74. The normalized spacial score (nSPS) is 15.7. The molecule has 3 aromatic rings. The van der Waals surface area contributed by atoms with E-state index in [0.717, 1.165) is 35.7 Å². The van der Waals surface area contributed by atoms with E-state index in [1.807, 2.05) is 19.2 Å². The molecule has 1 atom stereocenters. The molecular formula is C20H21N7O2. The van der Waals surface area contributed by atoms with Crippen molar-refractivity contribution in [1.82, 2.24) is 24.9 Å². The minimum Gasteiger partial charge on any atom is -0.387 e. The van der Waals surface area contributed by atoms with Crippen molar-refractivity contribution in [1.29, 1.82) is 0 Å². The number of pyridine rings is 1. The zero-order valence-electron chi connectivity index (χ0n) is 16.2. The van der Waals surface area contributed by atoms with E-state index >= 15 is 0 Å². The van der Waals surface area contributed by atoms with Gasteiger partial charge >= 0.3 is 0 Å². The number of aliphatic hydroxyl groups excluding tert-OH is 1. The number of carbonyl (C=O) groups is 1. The van der Waals surface area contributed by atoms with E-state index in [1.165, 1.54) is 0 Å². The zero-order chi connectivity index (χ0) is 20.4. The molecule has 0 fully saturated rings. The van der Waals surface area contributed by atoms with Gasteiger partial charge in [0.1, 0.15) is 12.4 Å². The Morgan fingerprint density at radius 1 is 1.21 bits per heavy atom. The largest absolute Gasteiger partial charge is 0.387 e. The number of aromatic nitrogens is 5. The molecule has 0 spiro atoms. The van der Waals surface area contributed by atoms with Crippen LogP contribution in [0.5, 0.6) is 0 Å². The second-order valence-electron chi connectivity index (χ2n) is 6.85. The smallest absolute Gasteiger partial charge is 0.250 e. The maximum absolute atomic E-state index is 11.5. The van der Waals surface area contributed by atoms with Crippen LogP contribution in [0.1, 0.15) is 29.9 Å². The average molecular weight is 391 g/mol. The molecule has 0 saturated carbocycles. The van der Waals surface area contributed by atoms with Gasteiger partial charge < -0.3 is 15.3 Å². The number of amides is 1. The Morgan fingerprint density at radius 3 is 2.76 bits per heavy atom. The summed E-state index contributed by atoms with van der Waals surface area (Å²) in [6.07, 6.45) is 5.91. The minimum absolute atomic E-state index is 0.0141. The third kappa shape index (κ3) is 3.90. The number of nitrogens with zero attached hydrogens (tertiary/aromatic N) is 6. The van der Waals surface area contributed by atoms with Gasteiger partial charge in [-0.1, -0.05) is 0 Å². The molecule has 0 aliphatic carbocycles. The van der Waals surface area contributed by atoms with Crippen molar-refractivity contribution < 1.29 is 9.90 Å². The Hall–Kier alpha value is -3.46. The molecule has 0 saturated heterocycles. The minimum atomic E-state index is -0.561. The highest BCUT2D eigenvalue weighted by atomic mass is 16.3. The van der Waals surface area contributed by atoms with E-state index in [0.29, 0.717) is 17.3 Å². The van der Waals surface area contributed by atoms with Crippen LogP contribution in [0.3, 0.4) is 0 Å². The van der Waals surface area contributed by atoms with Crippen molar-refractivity contribution >= 4 is 17.4 Å².